The minimum Gasteiger partial charge on any atom is -0.383 e. The van der Waals surface area contributed by atoms with Crippen molar-refractivity contribution >= 4 is 29.0 Å². The van der Waals surface area contributed by atoms with Crippen LogP contribution in [0.1, 0.15) is 46.5 Å². The van der Waals surface area contributed by atoms with Crippen molar-refractivity contribution in [3.05, 3.63) is 39.5 Å². The third-order valence-electron chi connectivity index (χ3n) is 5.70. The Balaban J connectivity index is 1.73. The van der Waals surface area contributed by atoms with Crippen LogP contribution in [-0.2, 0) is 21.5 Å². The fourth-order valence-corrected chi connectivity index (χ4v) is 4.76. The molecule has 2 aliphatic rings. The van der Waals surface area contributed by atoms with Gasteiger partial charge in [-0.2, -0.15) is 0 Å². The van der Waals surface area contributed by atoms with E-state index >= 15 is 0 Å². The first kappa shape index (κ1) is 19.0. The van der Waals surface area contributed by atoms with Crippen LogP contribution in [-0.4, -0.2) is 53.5 Å². The van der Waals surface area contributed by atoms with Crippen LogP contribution >= 0.6 is 11.3 Å². The summed E-state index contributed by atoms with van der Waals surface area (Å²) in [6.07, 6.45) is 2.02. The third kappa shape index (κ3) is 3.00. The highest BCUT2D eigenvalue weighted by molar-refractivity contribution is 7.12. The molecule has 1 fully saturated rings. The van der Waals surface area contributed by atoms with Crippen molar-refractivity contribution in [3.63, 3.8) is 0 Å². The number of fused-ring (bicyclic) bond motifs is 1. The van der Waals surface area contributed by atoms with Gasteiger partial charge in [-0.05, 0) is 38.1 Å². The molecule has 0 bridgehead atoms. The Bertz CT molecular complexity index is 914. The van der Waals surface area contributed by atoms with Crippen LogP contribution in [0.3, 0.4) is 0 Å². The van der Waals surface area contributed by atoms with Gasteiger partial charge in [0.25, 0.3) is 5.91 Å². The fraction of sp³-hybridized carbons (Fsp3) is 0.500. The number of ether oxygens (including phenoxy) is 1. The lowest BCUT2D eigenvalue weighted by atomic mass is 9.96. The number of aryl methyl sites for hydroxylation is 1. The third-order valence-corrected chi connectivity index (χ3v) is 6.55. The van der Waals surface area contributed by atoms with Crippen molar-refractivity contribution in [2.24, 2.45) is 0 Å². The number of aromatic nitrogens is 2. The molecular weight excluding hydrogens is 376 g/mol. The maximum absolute atomic E-state index is 13.1. The number of hydrogen-bond donors (Lipinski definition) is 0. The molecule has 148 valence electrons. The van der Waals surface area contributed by atoms with E-state index in [4.69, 9.17) is 14.7 Å². The molecule has 4 rings (SSSR count). The van der Waals surface area contributed by atoms with Crippen molar-refractivity contribution in [3.8, 4) is 0 Å². The summed E-state index contributed by atoms with van der Waals surface area (Å²) < 4.78 is 5.15. The average molecular weight is 401 g/mol. The largest absolute Gasteiger partial charge is 0.383 e. The highest BCUT2D eigenvalue weighted by Crippen LogP contribution is 2.40. The number of hydrogen-bond acceptors (Lipinski definition) is 6. The van der Waals surface area contributed by atoms with Crippen molar-refractivity contribution < 1.29 is 14.3 Å². The zero-order valence-corrected chi connectivity index (χ0v) is 17.2. The Morgan fingerprint density at radius 1 is 1.39 bits per heavy atom. The van der Waals surface area contributed by atoms with Gasteiger partial charge in [0.15, 0.2) is 5.82 Å². The standard InChI is InChI=1S/C20H24N4O3S/c1-13-14-12-16(25)23(9-10-27-3)17(14)22-19(21-13)20(2)7-5-8-24(20)18(26)15-6-4-11-28-15/h4,6,11H,5,7-10,12H2,1-3H3. The number of anilines is 1. The second-order valence-corrected chi connectivity index (χ2v) is 8.41. The second kappa shape index (κ2) is 7.25. The molecule has 28 heavy (non-hydrogen) atoms. The van der Waals surface area contributed by atoms with Gasteiger partial charge in [0, 0.05) is 24.9 Å². The maximum atomic E-state index is 13.1. The Morgan fingerprint density at radius 2 is 2.21 bits per heavy atom. The predicted octanol–water partition coefficient (Wildman–Crippen LogP) is 2.53. The van der Waals surface area contributed by atoms with Gasteiger partial charge in [0.1, 0.15) is 11.4 Å². The molecule has 4 heterocycles. The van der Waals surface area contributed by atoms with Crippen LogP contribution in [0.15, 0.2) is 17.5 Å². The van der Waals surface area contributed by atoms with E-state index in [1.54, 1.807) is 12.0 Å². The van der Waals surface area contributed by atoms with Gasteiger partial charge in [-0.15, -0.1) is 11.3 Å². The fourth-order valence-electron chi connectivity index (χ4n) is 4.08. The summed E-state index contributed by atoms with van der Waals surface area (Å²) in [5, 5.41) is 1.91. The molecule has 2 aromatic rings. The number of amides is 2. The van der Waals surface area contributed by atoms with Crippen LogP contribution in [0.5, 0.6) is 0 Å². The highest BCUT2D eigenvalue weighted by Gasteiger charge is 2.45. The molecule has 0 N–H and O–H groups in total. The molecular formula is C20H24N4O3S. The van der Waals surface area contributed by atoms with E-state index in [0.29, 0.717) is 37.8 Å². The normalized spacial score (nSPS) is 21.5. The molecule has 1 atom stereocenters. The smallest absolute Gasteiger partial charge is 0.264 e. The first-order valence-electron chi connectivity index (χ1n) is 9.48. The Kier molecular flexibility index (Phi) is 4.93. The number of likely N-dealkylation sites (tertiary alicyclic amines) is 1. The van der Waals surface area contributed by atoms with Crippen molar-refractivity contribution in [2.45, 2.75) is 38.6 Å². The lowest BCUT2D eigenvalue weighted by Gasteiger charge is -2.34. The Morgan fingerprint density at radius 3 is 2.93 bits per heavy atom. The molecule has 0 aromatic carbocycles. The zero-order chi connectivity index (χ0) is 19.9. The van der Waals surface area contributed by atoms with Gasteiger partial charge in [-0.3, -0.25) is 14.5 Å². The number of carbonyl (C=O) groups excluding carboxylic acids is 2. The number of rotatable bonds is 5. The monoisotopic (exact) mass is 400 g/mol. The van der Waals surface area contributed by atoms with E-state index in [2.05, 4.69) is 0 Å². The SMILES string of the molecule is COCCN1C(=O)Cc2c(C)nc(C3(C)CCCN3C(=O)c3cccs3)nc21. The lowest BCUT2D eigenvalue weighted by molar-refractivity contribution is -0.117. The maximum Gasteiger partial charge on any atom is 0.264 e. The summed E-state index contributed by atoms with van der Waals surface area (Å²) in [6, 6.07) is 3.74. The second-order valence-electron chi connectivity index (χ2n) is 7.46. The van der Waals surface area contributed by atoms with Crippen LogP contribution < -0.4 is 4.90 Å². The Labute approximate surface area is 168 Å². The minimum absolute atomic E-state index is 0.0177. The summed E-state index contributed by atoms with van der Waals surface area (Å²) >= 11 is 1.45. The predicted molar refractivity (Wildman–Crippen MR) is 107 cm³/mol. The topological polar surface area (TPSA) is 75.6 Å². The summed E-state index contributed by atoms with van der Waals surface area (Å²) in [6.45, 7) is 5.54. The number of carbonyl (C=O) groups is 2. The van der Waals surface area contributed by atoms with Gasteiger partial charge in [0.05, 0.1) is 24.4 Å². The summed E-state index contributed by atoms with van der Waals surface area (Å²) in [5.41, 5.74) is 1.10. The molecule has 0 spiro atoms. The van der Waals surface area contributed by atoms with E-state index in [-0.39, 0.29) is 11.8 Å². The molecule has 2 aliphatic heterocycles. The van der Waals surface area contributed by atoms with Crippen molar-refractivity contribution in [2.75, 3.05) is 31.7 Å². The summed E-state index contributed by atoms with van der Waals surface area (Å²) in [7, 11) is 1.62. The van der Waals surface area contributed by atoms with Gasteiger partial charge >= 0.3 is 0 Å². The van der Waals surface area contributed by atoms with Gasteiger partial charge in [0.2, 0.25) is 5.91 Å². The number of methoxy groups -OCH3 is 1. The minimum atomic E-state index is -0.584. The average Bonchev–Trinajstić information content (AvgIpc) is 3.39. The molecule has 0 radical (unpaired) electrons. The molecule has 0 saturated carbocycles. The van der Waals surface area contributed by atoms with Gasteiger partial charge in [-0.1, -0.05) is 6.07 Å². The summed E-state index contributed by atoms with van der Waals surface area (Å²) in [4.78, 5) is 39.4. The van der Waals surface area contributed by atoms with E-state index in [0.717, 1.165) is 29.0 Å². The molecule has 0 aliphatic carbocycles. The van der Waals surface area contributed by atoms with E-state index in [1.165, 1.54) is 11.3 Å². The first-order chi connectivity index (χ1) is 13.5. The van der Waals surface area contributed by atoms with Gasteiger partial charge < -0.3 is 9.64 Å². The van der Waals surface area contributed by atoms with Crippen LogP contribution in [0.25, 0.3) is 0 Å². The molecule has 2 aromatic heterocycles. The number of thiophene rings is 1. The lowest BCUT2D eigenvalue weighted by Crippen LogP contribution is -2.44. The zero-order valence-electron chi connectivity index (χ0n) is 16.4. The van der Waals surface area contributed by atoms with E-state index < -0.39 is 5.54 Å². The van der Waals surface area contributed by atoms with Crippen molar-refractivity contribution in [1.82, 2.24) is 14.9 Å². The molecule has 1 unspecified atom stereocenters. The Hall–Kier alpha value is -2.32. The first-order valence-corrected chi connectivity index (χ1v) is 10.4. The number of nitrogens with zero attached hydrogens (tertiary/aromatic N) is 4. The highest BCUT2D eigenvalue weighted by atomic mass is 32.1. The van der Waals surface area contributed by atoms with E-state index in [9.17, 15) is 9.59 Å². The quantitative estimate of drug-likeness (QED) is 0.771. The van der Waals surface area contributed by atoms with Crippen molar-refractivity contribution in [1.29, 1.82) is 0 Å². The van der Waals surface area contributed by atoms with E-state index in [1.807, 2.05) is 36.3 Å². The van der Waals surface area contributed by atoms with Crippen LogP contribution in [0.4, 0.5) is 5.82 Å². The molecule has 8 heteroatoms. The van der Waals surface area contributed by atoms with Gasteiger partial charge in [-0.25, -0.2) is 9.97 Å². The molecule has 2 amide bonds. The molecule has 7 nitrogen and oxygen atoms in total. The molecule has 1 saturated heterocycles. The van der Waals surface area contributed by atoms with Crippen LogP contribution in [0.2, 0.25) is 0 Å². The summed E-state index contributed by atoms with van der Waals surface area (Å²) in [5.74, 6) is 1.32. The van der Waals surface area contributed by atoms with Crippen LogP contribution in [0, 0.1) is 6.92 Å².